The number of hydrogen-bond donors (Lipinski definition) is 0. The highest BCUT2D eigenvalue weighted by molar-refractivity contribution is 6.64. The average Bonchev–Trinajstić information content (AvgIpc) is 1.78. The van der Waals surface area contributed by atoms with Crippen molar-refractivity contribution in [2.75, 3.05) is 0 Å². The molecule has 0 aromatic heterocycles. The van der Waals surface area contributed by atoms with Crippen molar-refractivity contribution in [1.82, 2.24) is 0 Å². The molecule has 0 spiro atoms. The van der Waals surface area contributed by atoms with Gasteiger partial charge in [-0.3, -0.25) is 8.22 Å². The summed E-state index contributed by atoms with van der Waals surface area (Å²) in [5.41, 5.74) is 0. The van der Waals surface area contributed by atoms with E-state index >= 15 is 0 Å². The minimum absolute atomic E-state index is 0.0364. The molecule has 0 atom stereocenters. The maximum atomic E-state index is 12.2. The van der Waals surface area contributed by atoms with Crippen LogP contribution >= 0.6 is 0 Å². The Balaban J connectivity index is 3.14. The van der Waals surface area contributed by atoms with Gasteiger partial charge >= 0.3 is 8.74 Å². The Hall–Kier alpha value is -0.433. The second-order valence-corrected chi connectivity index (χ2v) is 5.08. The van der Waals surface area contributed by atoms with Crippen molar-refractivity contribution in [3.63, 3.8) is 0 Å². The van der Waals surface area contributed by atoms with Crippen LogP contribution in [0.5, 0.6) is 0 Å². The largest absolute Gasteiger partial charge is 0.422 e. The van der Waals surface area contributed by atoms with Crippen LogP contribution in [0.15, 0.2) is 0 Å². The van der Waals surface area contributed by atoms with Gasteiger partial charge in [0.05, 0.1) is 6.07 Å². The van der Waals surface area contributed by atoms with Crippen molar-refractivity contribution in [1.29, 1.82) is 5.26 Å². The predicted octanol–water partition coefficient (Wildman–Crippen LogP) is 2.69. The van der Waals surface area contributed by atoms with Gasteiger partial charge in [0.2, 0.25) is 0 Å². The van der Waals surface area contributed by atoms with E-state index in [-0.39, 0.29) is 6.04 Å². The molecule has 0 N–H and O–H groups in total. The highest BCUT2D eigenvalue weighted by atomic mass is 28.4. The third kappa shape index (κ3) is 7.57. The molecule has 0 rings (SSSR count). The number of nitriles is 1. The van der Waals surface area contributed by atoms with Gasteiger partial charge in [-0.05, 0) is 25.4 Å². The Labute approximate surface area is 61.0 Å². The molecule has 0 bridgehead atoms. The van der Waals surface area contributed by atoms with Gasteiger partial charge in [-0.1, -0.05) is 0 Å². The van der Waals surface area contributed by atoms with E-state index < -0.39 is 8.74 Å². The molecule has 10 heavy (non-hydrogen) atoms. The lowest BCUT2D eigenvalue weighted by Crippen LogP contribution is -2.15. The maximum absolute atomic E-state index is 12.2. The quantitative estimate of drug-likeness (QED) is 0.355. The summed E-state index contributed by atoms with van der Waals surface area (Å²) in [4.78, 5) is 0. The van der Waals surface area contributed by atoms with E-state index in [9.17, 15) is 8.22 Å². The van der Waals surface area contributed by atoms with Crippen molar-refractivity contribution < 1.29 is 8.22 Å². The lowest BCUT2D eigenvalue weighted by atomic mass is 10.3. The van der Waals surface area contributed by atoms with Crippen LogP contribution in [0, 0.1) is 11.3 Å². The lowest BCUT2D eigenvalue weighted by molar-refractivity contribution is 0.592. The van der Waals surface area contributed by atoms with E-state index in [1.165, 1.54) is 0 Å². The van der Waals surface area contributed by atoms with Gasteiger partial charge in [0.25, 0.3) is 0 Å². The smallest absolute Gasteiger partial charge is 0.271 e. The monoisotopic (exact) mass is 163 g/mol. The van der Waals surface area contributed by atoms with E-state index in [1.807, 2.05) is 6.07 Å². The van der Waals surface area contributed by atoms with Crippen molar-refractivity contribution in [2.45, 2.75) is 31.9 Å². The Bertz CT molecular complexity index is 125. The van der Waals surface area contributed by atoms with Crippen LogP contribution < -0.4 is 0 Å². The molecule has 0 aromatic carbocycles. The topological polar surface area (TPSA) is 23.8 Å². The van der Waals surface area contributed by atoms with Gasteiger partial charge in [0.1, 0.15) is 0 Å². The van der Waals surface area contributed by atoms with Crippen molar-refractivity contribution >= 4 is 8.74 Å². The van der Waals surface area contributed by atoms with Gasteiger partial charge in [-0.15, -0.1) is 0 Å². The van der Waals surface area contributed by atoms with Gasteiger partial charge < -0.3 is 0 Å². The van der Waals surface area contributed by atoms with Gasteiger partial charge in [0.15, 0.2) is 0 Å². The van der Waals surface area contributed by atoms with Crippen LogP contribution in [0.2, 0.25) is 12.6 Å². The minimum atomic E-state index is -3.82. The van der Waals surface area contributed by atoms with E-state index in [1.54, 1.807) is 0 Å². The third-order valence-electron chi connectivity index (χ3n) is 1.15. The predicted molar refractivity (Wildman–Crippen MR) is 38.1 cm³/mol. The molecule has 0 aliphatic carbocycles. The lowest BCUT2D eigenvalue weighted by Gasteiger charge is -2.03. The zero-order valence-corrected chi connectivity index (χ0v) is 7.03. The van der Waals surface area contributed by atoms with Crippen LogP contribution in [-0.4, -0.2) is 8.74 Å². The molecule has 0 aromatic rings. The van der Waals surface area contributed by atoms with Gasteiger partial charge in [-0.25, -0.2) is 0 Å². The number of hydrogen-bond acceptors (Lipinski definition) is 1. The third-order valence-corrected chi connectivity index (χ3v) is 2.39. The molecule has 0 heterocycles. The summed E-state index contributed by atoms with van der Waals surface area (Å²) in [5.74, 6) is 0. The van der Waals surface area contributed by atoms with E-state index in [0.717, 1.165) is 6.55 Å². The standard InChI is InChI=1S/C6H11F2NSi/c1-10(7,8)6-4-2-3-5-9/h2-4,6H2,1H3. The van der Waals surface area contributed by atoms with Crippen molar-refractivity contribution in [3.8, 4) is 6.07 Å². The first kappa shape index (κ1) is 9.57. The summed E-state index contributed by atoms with van der Waals surface area (Å²) in [6.45, 7) is 1.04. The molecule has 0 aliphatic rings. The maximum Gasteiger partial charge on any atom is 0.422 e. The molecule has 0 saturated heterocycles. The minimum Gasteiger partial charge on any atom is -0.271 e. The molecule has 58 valence electrons. The van der Waals surface area contributed by atoms with E-state index in [0.29, 0.717) is 19.3 Å². The SMILES string of the molecule is C[Si](F)(F)CCCCC#N. The normalized spacial score (nSPS) is 11.0. The Morgan fingerprint density at radius 1 is 1.40 bits per heavy atom. The van der Waals surface area contributed by atoms with Crippen LogP contribution in [0.4, 0.5) is 8.22 Å². The van der Waals surface area contributed by atoms with Crippen molar-refractivity contribution in [2.24, 2.45) is 0 Å². The number of unbranched alkanes of at least 4 members (excludes halogenated alkanes) is 2. The van der Waals surface area contributed by atoms with Crippen molar-refractivity contribution in [3.05, 3.63) is 0 Å². The second-order valence-electron chi connectivity index (χ2n) is 2.44. The molecule has 0 aliphatic heterocycles. The molecule has 0 saturated carbocycles. The summed E-state index contributed by atoms with van der Waals surface area (Å²) in [6.07, 6.45) is 1.53. The number of nitrogens with zero attached hydrogens (tertiary/aromatic N) is 1. The molecular weight excluding hydrogens is 152 g/mol. The first-order valence-corrected chi connectivity index (χ1v) is 5.77. The molecular formula is C6H11F2NSi. The number of halogens is 2. The Kier molecular flexibility index (Phi) is 4.20. The highest BCUT2D eigenvalue weighted by Crippen LogP contribution is 2.16. The molecule has 0 unspecified atom stereocenters. The Morgan fingerprint density at radius 3 is 2.40 bits per heavy atom. The summed E-state index contributed by atoms with van der Waals surface area (Å²) < 4.78 is 24.4. The second kappa shape index (κ2) is 4.39. The summed E-state index contributed by atoms with van der Waals surface area (Å²) in [6, 6.07) is 1.96. The number of rotatable bonds is 4. The Morgan fingerprint density at radius 2 is 2.00 bits per heavy atom. The molecule has 1 nitrogen and oxygen atoms in total. The zero-order valence-electron chi connectivity index (χ0n) is 6.03. The first-order chi connectivity index (χ1) is 4.56. The molecule has 0 fully saturated rings. The highest BCUT2D eigenvalue weighted by Gasteiger charge is 2.26. The fourth-order valence-corrected chi connectivity index (χ4v) is 1.51. The molecule has 4 heteroatoms. The summed E-state index contributed by atoms with van der Waals surface area (Å²) in [5, 5.41) is 8.07. The van der Waals surface area contributed by atoms with Gasteiger partial charge in [0, 0.05) is 6.42 Å². The fourth-order valence-electron chi connectivity index (χ4n) is 0.639. The zero-order chi connectivity index (χ0) is 8.04. The fraction of sp³-hybridized carbons (Fsp3) is 0.833. The van der Waals surface area contributed by atoms with Crippen LogP contribution in [0.25, 0.3) is 0 Å². The van der Waals surface area contributed by atoms with Crippen LogP contribution in [0.3, 0.4) is 0 Å². The van der Waals surface area contributed by atoms with E-state index in [4.69, 9.17) is 5.26 Å². The summed E-state index contributed by atoms with van der Waals surface area (Å²) in [7, 11) is -3.82. The first-order valence-electron chi connectivity index (χ1n) is 3.31. The van der Waals surface area contributed by atoms with Crippen LogP contribution in [0.1, 0.15) is 19.3 Å². The average molecular weight is 163 g/mol. The van der Waals surface area contributed by atoms with Crippen LogP contribution in [-0.2, 0) is 0 Å². The van der Waals surface area contributed by atoms with E-state index in [2.05, 4.69) is 0 Å². The molecule has 0 radical (unpaired) electrons. The molecule has 0 amide bonds. The summed E-state index contributed by atoms with van der Waals surface area (Å²) >= 11 is 0. The van der Waals surface area contributed by atoms with Gasteiger partial charge in [-0.2, -0.15) is 5.26 Å².